The molecule has 0 saturated heterocycles. The average molecular weight is 317 g/mol. The number of amides is 1. The minimum absolute atomic E-state index is 0.00145. The molecule has 23 heavy (non-hydrogen) atoms. The lowest BCUT2D eigenvalue weighted by Crippen LogP contribution is -2.19. The molecule has 0 fully saturated rings. The maximum atomic E-state index is 12.7. The first kappa shape index (κ1) is 16.1. The summed E-state index contributed by atoms with van der Waals surface area (Å²) in [5.41, 5.74) is 2.73. The van der Waals surface area contributed by atoms with Crippen molar-refractivity contribution in [2.75, 3.05) is 0 Å². The van der Waals surface area contributed by atoms with E-state index in [-0.39, 0.29) is 23.4 Å². The summed E-state index contributed by atoms with van der Waals surface area (Å²) in [6.07, 6.45) is 1.10. The number of carbonyl (C=O) groups is 1. The molecule has 118 valence electrons. The van der Waals surface area contributed by atoms with Crippen LogP contribution in [0, 0.1) is 15.9 Å². The number of carbonyl (C=O) groups excluding carboxylic acids is 1. The number of phenols is 1. The quantitative estimate of drug-likeness (QED) is 0.500. The topological polar surface area (TPSA) is 105 Å². The largest absolute Gasteiger partial charge is 0.507 e. The lowest BCUT2D eigenvalue weighted by atomic mass is 10.1. The number of hydrogen-bond acceptors (Lipinski definition) is 5. The van der Waals surface area contributed by atoms with Crippen LogP contribution in [0.2, 0.25) is 0 Å². The van der Waals surface area contributed by atoms with Crippen LogP contribution in [0.15, 0.2) is 47.6 Å². The predicted molar refractivity (Wildman–Crippen MR) is 80.6 cm³/mol. The van der Waals surface area contributed by atoms with E-state index >= 15 is 0 Å². The summed E-state index contributed by atoms with van der Waals surface area (Å²) >= 11 is 0. The Hall–Kier alpha value is -3.29. The molecule has 0 aliphatic rings. The first-order chi connectivity index (χ1) is 11.0. The Morgan fingerprint density at radius 3 is 2.65 bits per heavy atom. The second-order valence-electron chi connectivity index (χ2n) is 4.60. The number of nitrogens with one attached hydrogen (secondary N) is 1. The number of rotatable bonds is 5. The zero-order chi connectivity index (χ0) is 16.8. The van der Waals surface area contributed by atoms with E-state index in [1.54, 1.807) is 0 Å². The van der Waals surface area contributed by atoms with E-state index in [1.165, 1.54) is 30.3 Å². The Morgan fingerprint density at radius 1 is 1.30 bits per heavy atom. The van der Waals surface area contributed by atoms with E-state index in [1.807, 2.05) is 0 Å². The van der Waals surface area contributed by atoms with Gasteiger partial charge >= 0.3 is 0 Å². The van der Waals surface area contributed by atoms with Gasteiger partial charge in [-0.1, -0.05) is 12.1 Å². The molecular formula is C15H12FN3O4. The summed E-state index contributed by atoms with van der Waals surface area (Å²) in [6, 6.07) is 8.89. The molecule has 2 rings (SSSR count). The third kappa shape index (κ3) is 4.60. The molecule has 0 saturated carbocycles. The highest BCUT2D eigenvalue weighted by Crippen LogP contribution is 2.21. The molecule has 0 aromatic heterocycles. The van der Waals surface area contributed by atoms with Crippen LogP contribution in [0.1, 0.15) is 11.1 Å². The molecular weight excluding hydrogens is 305 g/mol. The smallest absolute Gasteiger partial charge is 0.270 e. The van der Waals surface area contributed by atoms with E-state index in [4.69, 9.17) is 0 Å². The molecule has 0 aliphatic heterocycles. The fourth-order valence-electron chi connectivity index (χ4n) is 1.76. The van der Waals surface area contributed by atoms with Gasteiger partial charge in [0.15, 0.2) is 0 Å². The van der Waals surface area contributed by atoms with Crippen LogP contribution in [-0.2, 0) is 11.2 Å². The van der Waals surface area contributed by atoms with E-state index < -0.39 is 16.6 Å². The second kappa shape index (κ2) is 7.12. The number of nitrogens with zero attached hydrogens (tertiary/aromatic N) is 2. The number of benzene rings is 2. The summed E-state index contributed by atoms with van der Waals surface area (Å²) in [6.45, 7) is 0. The maximum Gasteiger partial charge on any atom is 0.270 e. The molecule has 0 spiro atoms. The Bertz CT molecular complexity index is 760. The zero-order valence-electron chi connectivity index (χ0n) is 11.8. The summed E-state index contributed by atoms with van der Waals surface area (Å²) in [7, 11) is 0. The number of non-ortho nitro benzene ring substituents is 1. The number of halogens is 1. The third-order valence-electron chi connectivity index (χ3n) is 2.89. The Labute approximate surface area is 130 Å². The number of hydrogen-bond donors (Lipinski definition) is 2. The summed E-state index contributed by atoms with van der Waals surface area (Å²) < 4.78 is 12.7. The molecule has 0 radical (unpaired) electrons. The van der Waals surface area contributed by atoms with Gasteiger partial charge in [-0.3, -0.25) is 14.9 Å². The first-order valence-corrected chi connectivity index (χ1v) is 6.49. The van der Waals surface area contributed by atoms with Gasteiger partial charge < -0.3 is 5.11 Å². The van der Waals surface area contributed by atoms with Crippen LogP contribution in [0.3, 0.4) is 0 Å². The predicted octanol–water partition coefficient (Wildman–Crippen LogP) is 2.13. The molecule has 2 aromatic carbocycles. The highest BCUT2D eigenvalue weighted by Gasteiger charge is 2.09. The van der Waals surface area contributed by atoms with Gasteiger partial charge in [0.2, 0.25) is 5.91 Å². The van der Waals surface area contributed by atoms with Crippen LogP contribution >= 0.6 is 0 Å². The van der Waals surface area contributed by atoms with Crippen molar-refractivity contribution in [1.29, 1.82) is 0 Å². The fourth-order valence-corrected chi connectivity index (χ4v) is 1.76. The Kier molecular flexibility index (Phi) is 4.98. The van der Waals surface area contributed by atoms with E-state index in [2.05, 4.69) is 10.5 Å². The van der Waals surface area contributed by atoms with Gasteiger partial charge in [0.1, 0.15) is 11.6 Å². The van der Waals surface area contributed by atoms with Crippen molar-refractivity contribution in [2.45, 2.75) is 6.42 Å². The molecule has 0 heterocycles. The highest BCUT2D eigenvalue weighted by atomic mass is 19.1. The van der Waals surface area contributed by atoms with Crippen molar-refractivity contribution in [3.05, 3.63) is 69.5 Å². The monoisotopic (exact) mass is 317 g/mol. The van der Waals surface area contributed by atoms with Gasteiger partial charge in [0.05, 0.1) is 17.6 Å². The summed E-state index contributed by atoms with van der Waals surface area (Å²) in [5, 5.41) is 23.9. The van der Waals surface area contributed by atoms with Gasteiger partial charge in [-0.2, -0.15) is 5.10 Å². The van der Waals surface area contributed by atoms with Crippen LogP contribution in [0.5, 0.6) is 5.75 Å². The number of hydrazone groups is 1. The van der Waals surface area contributed by atoms with Gasteiger partial charge in [-0.25, -0.2) is 9.82 Å². The van der Waals surface area contributed by atoms with Gasteiger partial charge in [-0.15, -0.1) is 0 Å². The van der Waals surface area contributed by atoms with Crippen molar-refractivity contribution in [3.8, 4) is 5.75 Å². The molecule has 1 amide bonds. The minimum atomic E-state index is -0.607. The number of aromatic hydroxyl groups is 1. The number of nitro groups is 1. The second-order valence-corrected chi connectivity index (χ2v) is 4.60. The average Bonchev–Trinajstić information content (AvgIpc) is 2.51. The zero-order valence-corrected chi connectivity index (χ0v) is 11.8. The van der Waals surface area contributed by atoms with Crippen molar-refractivity contribution in [2.24, 2.45) is 5.10 Å². The molecule has 0 aliphatic carbocycles. The highest BCUT2D eigenvalue weighted by molar-refractivity contribution is 5.86. The van der Waals surface area contributed by atoms with Gasteiger partial charge in [0, 0.05) is 17.7 Å². The van der Waals surface area contributed by atoms with E-state index in [0.29, 0.717) is 5.56 Å². The van der Waals surface area contributed by atoms with E-state index in [9.17, 15) is 24.4 Å². The van der Waals surface area contributed by atoms with Crippen LogP contribution < -0.4 is 5.43 Å². The SMILES string of the molecule is O=C(Cc1ccc(F)cc1)N/N=C/c1cc([N+](=O)[O-])ccc1O. The summed E-state index contributed by atoms with van der Waals surface area (Å²) in [4.78, 5) is 21.7. The van der Waals surface area contributed by atoms with Crippen molar-refractivity contribution in [1.82, 2.24) is 5.43 Å². The standard InChI is InChI=1S/C15H12FN3O4/c16-12-3-1-10(2-4-12)7-15(21)18-17-9-11-8-13(19(22)23)5-6-14(11)20/h1-6,8-9,20H,7H2,(H,18,21)/b17-9+. The number of nitro benzene ring substituents is 1. The first-order valence-electron chi connectivity index (χ1n) is 6.49. The van der Waals surface area contributed by atoms with Crippen LogP contribution in [-0.4, -0.2) is 22.2 Å². The molecule has 0 bridgehead atoms. The summed E-state index contributed by atoms with van der Waals surface area (Å²) in [5.74, 6) is -1.04. The van der Waals surface area contributed by atoms with E-state index in [0.717, 1.165) is 18.3 Å². The Morgan fingerprint density at radius 2 is 2.00 bits per heavy atom. The van der Waals surface area contributed by atoms with Gasteiger partial charge in [0.25, 0.3) is 5.69 Å². The van der Waals surface area contributed by atoms with Crippen LogP contribution in [0.4, 0.5) is 10.1 Å². The van der Waals surface area contributed by atoms with Gasteiger partial charge in [-0.05, 0) is 23.8 Å². The molecule has 2 N–H and O–H groups in total. The normalized spacial score (nSPS) is 10.7. The third-order valence-corrected chi connectivity index (χ3v) is 2.89. The van der Waals surface area contributed by atoms with Crippen LogP contribution in [0.25, 0.3) is 0 Å². The Balaban J connectivity index is 1.98. The molecule has 2 aromatic rings. The number of phenolic OH excluding ortho intramolecular Hbond substituents is 1. The van der Waals surface area contributed by atoms with Crippen molar-refractivity contribution >= 4 is 17.8 Å². The maximum absolute atomic E-state index is 12.7. The minimum Gasteiger partial charge on any atom is -0.507 e. The van der Waals surface area contributed by atoms with Crippen molar-refractivity contribution in [3.63, 3.8) is 0 Å². The molecule has 0 atom stereocenters. The molecule has 0 unspecified atom stereocenters. The fraction of sp³-hybridized carbons (Fsp3) is 0.0667. The molecule has 8 heteroatoms. The lowest BCUT2D eigenvalue weighted by molar-refractivity contribution is -0.384. The molecule has 7 nitrogen and oxygen atoms in total. The lowest BCUT2D eigenvalue weighted by Gasteiger charge is -2.01. The van der Waals surface area contributed by atoms with Crippen molar-refractivity contribution < 1.29 is 19.2 Å².